The molecule has 0 aliphatic carbocycles. The Hall–Kier alpha value is -2.35. The number of likely N-dealkylation sites (N-methyl/N-ethyl adjacent to an activating group) is 1. The number of rotatable bonds is 5. The number of carbonyl (C=O) groups excluding carboxylic acids is 1. The number of nitro groups is 1. The first kappa shape index (κ1) is 17.0. The minimum atomic E-state index is -0.579. The summed E-state index contributed by atoms with van der Waals surface area (Å²) in [4.78, 5) is 25.0. The van der Waals surface area contributed by atoms with Crippen LogP contribution in [0, 0.1) is 10.1 Å². The fourth-order valence-corrected chi connectivity index (χ4v) is 2.78. The molecule has 1 aromatic carbocycles. The summed E-state index contributed by atoms with van der Waals surface area (Å²) in [6, 6.07) is 2.96. The summed E-state index contributed by atoms with van der Waals surface area (Å²) in [6.45, 7) is 1.22. The van der Waals surface area contributed by atoms with E-state index in [1.54, 1.807) is 4.90 Å². The molecule has 8 nitrogen and oxygen atoms in total. The number of nitrogens with one attached hydrogen (secondary N) is 1. The Morgan fingerprint density at radius 2 is 2.13 bits per heavy atom. The highest BCUT2D eigenvalue weighted by molar-refractivity contribution is 5.96. The molecule has 1 heterocycles. The first-order chi connectivity index (χ1) is 11.0. The van der Waals surface area contributed by atoms with Crippen molar-refractivity contribution in [3.63, 3.8) is 0 Å². The van der Waals surface area contributed by atoms with Gasteiger partial charge in [-0.3, -0.25) is 14.9 Å². The van der Waals surface area contributed by atoms with E-state index in [9.17, 15) is 14.9 Å². The summed E-state index contributed by atoms with van der Waals surface area (Å²) in [5, 5.41) is 14.4. The zero-order valence-corrected chi connectivity index (χ0v) is 13.5. The van der Waals surface area contributed by atoms with Crippen molar-refractivity contribution in [1.29, 1.82) is 0 Å². The summed E-state index contributed by atoms with van der Waals surface area (Å²) < 4.78 is 10.2. The number of ether oxygens (including phenoxy) is 2. The van der Waals surface area contributed by atoms with Crippen molar-refractivity contribution in [2.24, 2.45) is 0 Å². The van der Waals surface area contributed by atoms with Crippen LogP contribution in [0.5, 0.6) is 11.5 Å². The maximum Gasteiger partial charge on any atom is 0.315 e. The van der Waals surface area contributed by atoms with Crippen molar-refractivity contribution < 1.29 is 19.2 Å². The second-order valence-corrected chi connectivity index (χ2v) is 5.37. The number of nitrogens with zero attached hydrogens (tertiary/aromatic N) is 2. The van der Waals surface area contributed by atoms with E-state index in [-0.39, 0.29) is 34.7 Å². The van der Waals surface area contributed by atoms with Gasteiger partial charge in [0.2, 0.25) is 5.75 Å². The number of hydrogen-bond donors (Lipinski definition) is 1. The lowest BCUT2D eigenvalue weighted by atomic mass is 10.0. The van der Waals surface area contributed by atoms with E-state index >= 15 is 0 Å². The predicted molar refractivity (Wildman–Crippen MR) is 84.2 cm³/mol. The monoisotopic (exact) mass is 323 g/mol. The standard InChI is InChI=1S/C15H21N3O5/c1-16-11-5-4-6-17(9-11)15(19)10-7-12(18(20)21)14(23-3)13(8-10)22-2/h7-8,11,16H,4-6,9H2,1-3H3. The van der Waals surface area contributed by atoms with E-state index in [0.717, 1.165) is 12.8 Å². The number of piperidine rings is 1. The molecule has 1 fully saturated rings. The quantitative estimate of drug-likeness (QED) is 0.651. The fraction of sp³-hybridized carbons (Fsp3) is 0.533. The van der Waals surface area contributed by atoms with Gasteiger partial charge in [0.25, 0.3) is 5.91 Å². The Bertz CT molecular complexity index is 605. The van der Waals surface area contributed by atoms with E-state index in [2.05, 4.69) is 5.32 Å². The van der Waals surface area contributed by atoms with Crippen molar-refractivity contribution in [2.75, 3.05) is 34.4 Å². The lowest BCUT2D eigenvalue weighted by Crippen LogP contribution is -2.46. The van der Waals surface area contributed by atoms with Gasteiger partial charge in [0.15, 0.2) is 5.75 Å². The van der Waals surface area contributed by atoms with Gasteiger partial charge in [-0.15, -0.1) is 0 Å². The third-order valence-electron chi connectivity index (χ3n) is 4.02. The minimum Gasteiger partial charge on any atom is -0.493 e. The number of methoxy groups -OCH3 is 2. The summed E-state index contributed by atoms with van der Waals surface area (Å²) in [7, 11) is 4.57. The van der Waals surface area contributed by atoms with Crippen LogP contribution >= 0.6 is 0 Å². The summed E-state index contributed by atoms with van der Waals surface area (Å²) in [5.74, 6) is -0.0537. The number of nitro benzene ring substituents is 1. The van der Waals surface area contributed by atoms with Gasteiger partial charge >= 0.3 is 5.69 Å². The average molecular weight is 323 g/mol. The molecule has 1 atom stereocenters. The van der Waals surface area contributed by atoms with Crippen molar-refractivity contribution in [2.45, 2.75) is 18.9 Å². The Morgan fingerprint density at radius 3 is 2.70 bits per heavy atom. The Morgan fingerprint density at radius 1 is 1.39 bits per heavy atom. The summed E-state index contributed by atoms with van der Waals surface area (Å²) >= 11 is 0. The molecule has 1 aliphatic rings. The largest absolute Gasteiger partial charge is 0.493 e. The molecule has 0 spiro atoms. The Kier molecular flexibility index (Phi) is 5.38. The molecule has 1 unspecified atom stereocenters. The molecular weight excluding hydrogens is 302 g/mol. The smallest absolute Gasteiger partial charge is 0.315 e. The van der Waals surface area contributed by atoms with Gasteiger partial charge in [0, 0.05) is 25.2 Å². The second-order valence-electron chi connectivity index (χ2n) is 5.37. The van der Waals surface area contributed by atoms with Crippen LogP contribution in [0.4, 0.5) is 5.69 Å². The molecule has 0 radical (unpaired) electrons. The number of benzene rings is 1. The van der Waals surface area contributed by atoms with Crippen LogP contribution < -0.4 is 14.8 Å². The minimum absolute atomic E-state index is 0.0146. The van der Waals surface area contributed by atoms with Gasteiger partial charge in [0.1, 0.15) is 0 Å². The SMILES string of the molecule is CNC1CCCN(C(=O)c2cc(OC)c(OC)c([N+](=O)[O-])c2)C1. The third-order valence-corrected chi connectivity index (χ3v) is 4.02. The van der Waals surface area contributed by atoms with Crippen molar-refractivity contribution >= 4 is 11.6 Å². The number of likely N-dealkylation sites (tertiary alicyclic amines) is 1. The zero-order valence-electron chi connectivity index (χ0n) is 13.5. The van der Waals surface area contributed by atoms with Gasteiger partial charge in [-0.25, -0.2) is 0 Å². The lowest BCUT2D eigenvalue weighted by Gasteiger charge is -2.32. The molecule has 1 N–H and O–H groups in total. The van der Waals surface area contributed by atoms with Crippen LogP contribution in [-0.2, 0) is 0 Å². The van der Waals surface area contributed by atoms with Crippen LogP contribution in [0.25, 0.3) is 0 Å². The molecule has 0 saturated carbocycles. The van der Waals surface area contributed by atoms with E-state index in [1.165, 1.54) is 26.4 Å². The van der Waals surface area contributed by atoms with Crippen LogP contribution in [0.3, 0.4) is 0 Å². The van der Waals surface area contributed by atoms with Crippen molar-refractivity contribution in [3.05, 3.63) is 27.8 Å². The van der Waals surface area contributed by atoms with Crippen LogP contribution in [-0.4, -0.2) is 56.1 Å². The maximum atomic E-state index is 12.7. The fourth-order valence-electron chi connectivity index (χ4n) is 2.78. The summed E-state index contributed by atoms with van der Waals surface area (Å²) in [6.07, 6.45) is 1.90. The molecule has 0 aromatic heterocycles. The molecule has 126 valence electrons. The van der Waals surface area contributed by atoms with Crippen LogP contribution in [0.2, 0.25) is 0 Å². The highest BCUT2D eigenvalue weighted by atomic mass is 16.6. The average Bonchev–Trinajstić information content (AvgIpc) is 2.59. The Balaban J connectivity index is 2.36. The molecule has 2 rings (SSSR count). The van der Waals surface area contributed by atoms with Gasteiger partial charge in [-0.1, -0.05) is 0 Å². The molecule has 1 aliphatic heterocycles. The van der Waals surface area contributed by atoms with Crippen LogP contribution in [0.1, 0.15) is 23.2 Å². The highest BCUT2D eigenvalue weighted by Gasteiger charge is 2.28. The molecule has 0 bridgehead atoms. The number of amides is 1. The van der Waals surface area contributed by atoms with E-state index in [0.29, 0.717) is 13.1 Å². The molecule has 1 amide bonds. The van der Waals surface area contributed by atoms with Crippen molar-refractivity contribution in [1.82, 2.24) is 10.2 Å². The molecule has 1 aromatic rings. The van der Waals surface area contributed by atoms with Gasteiger partial charge in [0.05, 0.1) is 24.7 Å². The molecule has 23 heavy (non-hydrogen) atoms. The maximum absolute atomic E-state index is 12.7. The lowest BCUT2D eigenvalue weighted by molar-refractivity contribution is -0.385. The predicted octanol–water partition coefficient (Wildman–Crippen LogP) is 1.44. The van der Waals surface area contributed by atoms with E-state index in [1.807, 2.05) is 7.05 Å². The van der Waals surface area contributed by atoms with Gasteiger partial charge in [-0.2, -0.15) is 0 Å². The first-order valence-electron chi connectivity index (χ1n) is 7.38. The Labute approximate surface area is 134 Å². The van der Waals surface area contributed by atoms with Crippen molar-refractivity contribution in [3.8, 4) is 11.5 Å². The number of carbonyl (C=O) groups is 1. The van der Waals surface area contributed by atoms with E-state index in [4.69, 9.17) is 9.47 Å². The second kappa shape index (κ2) is 7.28. The molecule has 1 saturated heterocycles. The topological polar surface area (TPSA) is 93.9 Å². The van der Waals surface area contributed by atoms with E-state index < -0.39 is 4.92 Å². The molecular formula is C15H21N3O5. The van der Waals surface area contributed by atoms with Crippen LogP contribution in [0.15, 0.2) is 12.1 Å². The molecule has 8 heteroatoms. The van der Waals surface area contributed by atoms with Gasteiger partial charge < -0.3 is 19.7 Å². The third kappa shape index (κ3) is 3.53. The first-order valence-corrected chi connectivity index (χ1v) is 7.38. The normalized spacial score (nSPS) is 17.7. The number of hydrogen-bond acceptors (Lipinski definition) is 6. The highest BCUT2D eigenvalue weighted by Crippen LogP contribution is 2.38. The zero-order chi connectivity index (χ0) is 17.0. The van der Waals surface area contributed by atoms with Gasteiger partial charge in [-0.05, 0) is 26.0 Å². The summed E-state index contributed by atoms with van der Waals surface area (Å²) in [5.41, 5.74) is -0.0523.